The van der Waals surface area contributed by atoms with Crippen LogP contribution in [-0.4, -0.2) is 11.0 Å². The molecule has 0 amide bonds. The molecular formula is C13H19N3S. The van der Waals surface area contributed by atoms with Gasteiger partial charge in [0, 0.05) is 24.5 Å². The highest BCUT2D eigenvalue weighted by Crippen LogP contribution is 2.65. The van der Waals surface area contributed by atoms with E-state index >= 15 is 0 Å². The Labute approximate surface area is 106 Å². The van der Waals surface area contributed by atoms with E-state index in [1.807, 2.05) is 0 Å². The number of aromatic nitrogens is 1. The third kappa shape index (κ3) is 1.58. The quantitative estimate of drug-likeness (QED) is 0.854. The molecule has 0 aromatic carbocycles. The van der Waals surface area contributed by atoms with Gasteiger partial charge in [0.05, 0.1) is 5.69 Å². The molecule has 0 spiro atoms. The van der Waals surface area contributed by atoms with Crippen LogP contribution in [0.5, 0.6) is 0 Å². The first-order valence-electron chi connectivity index (χ1n) is 6.73. The topological polar surface area (TPSA) is 50.9 Å². The van der Waals surface area contributed by atoms with E-state index in [-0.39, 0.29) is 0 Å². The summed E-state index contributed by atoms with van der Waals surface area (Å²) in [6, 6.07) is 0.810. The molecule has 3 N–H and O–H groups in total. The van der Waals surface area contributed by atoms with E-state index in [0.717, 1.165) is 41.3 Å². The predicted molar refractivity (Wildman–Crippen MR) is 68.4 cm³/mol. The Morgan fingerprint density at radius 1 is 1.35 bits per heavy atom. The van der Waals surface area contributed by atoms with Gasteiger partial charge in [-0.3, -0.25) is 0 Å². The standard InChI is InChI=1S/C13H19N3S/c14-4-10-16-9(6-17-10)5-15-13-11-7-1-2-8(3-7)12(11)13/h6-8,11-13,15H,1-5,14H2. The van der Waals surface area contributed by atoms with Gasteiger partial charge in [0.1, 0.15) is 5.01 Å². The molecule has 1 aromatic rings. The maximum Gasteiger partial charge on any atom is 0.106 e. The number of hydrogen-bond acceptors (Lipinski definition) is 4. The Balaban J connectivity index is 1.35. The van der Waals surface area contributed by atoms with Crippen molar-refractivity contribution in [3.63, 3.8) is 0 Å². The summed E-state index contributed by atoms with van der Waals surface area (Å²) in [6.45, 7) is 1.51. The van der Waals surface area contributed by atoms with Gasteiger partial charge in [-0.2, -0.15) is 0 Å². The normalized spacial score (nSPS) is 41.8. The molecule has 17 heavy (non-hydrogen) atoms. The molecule has 4 heteroatoms. The van der Waals surface area contributed by atoms with Gasteiger partial charge in [-0.25, -0.2) is 4.98 Å². The van der Waals surface area contributed by atoms with Crippen LogP contribution in [0.3, 0.4) is 0 Å². The maximum absolute atomic E-state index is 5.58. The van der Waals surface area contributed by atoms with E-state index in [1.54, 1.807) is 11.3 Å². The van der Waals surface area contributed by atoms with Crippen LogP contribution in [0.2, 0.25) is 0 Å². The maximum atomic E-state index is 5.58. The highest BCUT2D eigenvalue weighted by molar-refractivity contribution is 7.09. The smallest absolute Gasteiger partial charge is 0.106 e. The average molecular weight is 249 g/mol. The van der Waals surface area contributed by atoms with Crippen molar-refractivity contribution in [2.75, 3.05) is 0 Å². The molecule has 4 rings (SSSR count). The number of hydrogen-bond donors (Lipinski definition) is 2. The molecule has 3 saturated carbocycles. The second-order valence-corrected chi connectivity index (χ2v) is 6.77. The van der Waals surface area contributed by atoms with Crippen LogP contribution >= 0.6 is 11.3 Å². The summed E-state index contributed by atoms with van der Waals surface area (Å²) in [5, 5.41) is 6.91. The largest absolute Gasteiger partial charge is 0.325 e. The van der Waals surface area contributed by atoms with Crippen LogP contribution in [0, 0.1) is 23.7 Å². The van der Waals surface area contributed by atoms with Crippen molar-refractivity contribution in [2.45, 2.75) is 38.4 Å². The molecule has 0 radical (unpaired) electrons. The van der Waals surface area contributed by atoms with Gasteiger partial charge in [-0.1, -0.05) is 0 Å². The first-order valence-corrected chi connectivity index (χ1v) is 7.61. The number of fused-ring (bicyclic) bond motifs is 5. The summed E-state index contributed by atoms with van der Waals surface area (Å²) in [5.41, 5.74) is 6.75. The molecule has 4 unspecified atom stereocenters. The molecular weight excluding hydrogens is 230 g/mol. The van der Waals surface area contributed by atoms with Crippen molar-refractivity contribution in [1.82, 2.24) is 10.3 Å². The average Bonchev–Trinajstić information content (AvgIpc) is 2.81. The van der Waals surface area contributed by atoms with Gasteiger partial charge in [0.2, 0.25) is 0 Å². The van der Waals surface area contributed by atoms with Crippen LogP contribution in [0.1, 0.15) is 30.0 Å². The Morgan fingerprint density at radius 3 is 2.76 bits per heavy atom. The third-order valence-corrected chi connectivity index (χ3v) is 5.95. The Kier molecular flexibility index (Phi) is 2.32. The number of nitrogens with one attached hydrogen (secondary N) is 1. The first-order chi connectivity index (χ1) is 8.36. The van der Waals surface area contributed by atoms with E-state index in [2.05, 4.69) is 15.7 Å². The van der Waals surface area contributed by atoms with Gasteiger partial charge >= 0.3 is 0 Å². The second kappa shape index (κ2) is 3.77. The van der Waals surface area contributed by atoms with Gasteiger partial charge in [0.25, 0.3) is 0 Å². The lowest BCUT2D eigenvalue weighted by Gasteiger charge is -2.09. The van der Waals surface area contributed by atoms with E-state index in [9.17, 15) is 0 Å². The van der Waals surface area contributed by atoms with Gasteiger partial charge < -0.3 is 11.1 Å². The molecule has 1 heterocycles. The zero-order valence-corrected chi connectivity index (χ0v) is 10.7. The first kappa shape index (κ1) is 10.5. The summed E-state index contributed by atoms with van der Waals surface area (Å²) in [4.78, 5) is 4.51. The van der Waals surface area contributed by atoms with Crippen LogP contribution in [0.15, 0.2) is 5.38 Å². The third-order valence-electron chi connectivity index (χ3n) is 5.03. The van der Waals surface area contributed by atoms with Crippen molar-refractivity contribution in [2.24, 2.45) is 29.4 Å². The van der Waals surface area contributed by atoms with E-state index in [0.29, 0.717) is 6.54 Å². The fourth-order valence-corrected chi connectivity index (χ4v) is 5.02. The second-order valence-electron chi connectivity index (χ2n) is 5.83. The van der Waals surface area contributed by atoms with E-state index in [4.69, 9.17) is 5.73 Å². The lowest BCUT2D eigenvalue weighted by molar-refractivity contribution is 0.456. The van der Waals surface area contributed by atoms with Crippen LogP contribution in [0.25, 0.3) is 0 Å². The predicted octanol–water partition coefficient (Wildman–Crippen LogP) is 1.74. The summed E-state index contributed by atoms with van der Waals surface area (Å²) in [6.07, 6.45) is 4.53. The fraction of sp³-hybridized carbons (Fsp3) is 0.769. The summed E-state index contributed by atoms with van der Waals surface area (Å²) in [7, 11) is 0. The lowest BCUT2D eigenvalue weighted by Crippen LogP contribution is -2.22. The van der Waals surface area contributed by atoms with Crippen molar-refractivity contribution >= 4 is 11.3 Å². The molecule has 3 aliphatic carbocycles. The van der Waals surface area contributed by atoms with Crippen molar-refractivity contribution in [3.8, 4) is 0 Å². The zero-order valence-electron chi connectivity index (χ0n) is 9.93. The number of nitrogens with two attached hydrogens (primary N) is 1. The van der Waals surface area contributed by atoms with Crippen LogP contribution in [0.4, 0.5) is 0 Å². The molecule has 3 nitrogen and oxygen atoms in total. The molecule has 92 valence electrons. The Hall–Kier alpha value is -0.450. The fourth-order valence-electron chi connectivity index (χ4n) is 4.34. The van der Waals surface area contributed by atoms with Crippen molar-refractivity contribution < 1.29 is 0 Å². The summed E-state index contributed by atoms with van der Waals surface area (Å²) >= 11 is 1.68. The minimum Gasteiger partial charge on any atom is -0.325 e. The molecule has 0 saturated heterocycles. The van der Waals surface area contributed by atoms with E-state index < -0.39 is 0 Å². The number of nitrogens with zero attached hydrogens (tertiary/aromatic N) is 1. The van der Waals surface area contributed by atoms with Crippen molar-refractivity contribution in [1.29, 1.82) is 0 Å². The number of thiazole rings is 1. The molecule has 3 aliphatic rings. The van der Waals surface area contributed by atoms with Gasteiger partial charge in [-0.15, -0.1) is 11.3 Å². The monoisotopic (exact) mass is 249 g/mol. The Bertz CT molecular complexity index is 414. The van der Waals surface area contributed by atoms with Gasteiger partial charge in [0.15, 0.2) is 0 Å². The Morgan fingerprint density at radius 2 is 2.12 bits per heavy atom. The SMILES string of the molecule is NCc1nc(CNC2C3C4CCC(C4)C23)cs1. The minimum atomic E-state index is 0.573. The highest BCUT2D eigenvalue weighted by atomic mass is 32.1. The van der Waals surface area contributed by atoms with Crippen molar-refractivity contribution in [3.05, 3.63) is 16.1 Å². The highest BCUT2D eigenvalue weighted by Gasteiger charge is 2.64. The molecule has 1 aromatic heterocycles. The summed E-state index contributed by atoms with van der Waals surface area (Å²) < 4.78 is 0. The lowest BCUT2D eigenvalue weighted by atomic mass is 10.0. The van der Waals surface area contributed by atoms with Crippen LogP contribution < -0.4 is 11.1 Å². The molecule has 4 atom stereocenters. The van der Waals surface area contributed by atoms with E-state index in [1.165, 1.54) is 25.0 Å². The van der Waals surface area contributed by atoms with Crippen LogP contribution in [-0.2, 0) is 13.1 Å². The molecule has 2 bridgehead atoms. The number of rotatable bonds is 4. The summed E-state index contributed by atoms with van der Waals surface area (Å²) in [5.74, 6) is 4.14. The molecule has 0 aliphatic heterocycles. The minimum absolute atomic E-state index is 0.573. The van der Waals surface area contributed by atoms with Gasteiger partial charge in [-0.05, 0) is 42.9 Å². The zero-order chi connectivity index (χ0) is 11.4. The molecule has 3 fully saturated rings.